The van der Waals surface area contributed by atoms with Gasteiger partial charge in [0.2, 0.25) is 0 Å². The van der Waals surface area contributed by atoms with E-state index >= 15 is 0 Å². The second-order valence-electron chi connectivity index (χ2n) is 6.43. The summed E-state index contributed by atoms with van der Waals surface area (Å²) >= 11 is 0. The number of ether oxygens (including phenoxy) is 1. The lowest BCUT2D eigenvalue weighted by Gasteiger charge is -2.37. The fraction of sp³-hybridized carbons (Fsp3) is 0.350. The summed E-state index contributed by atoms with van der Waals surface area (Å²) in [6.45, 7) is 5.24. The zero-order chi connectivity index (χ0) is 16.2. The molecule has 3 nitrogen and oxygen atoms in total. The highest BCUT2D eigenvalue weighted by molar-refractivity contribution is 5.70. The number of rotatable bonds is 3. The van der Waals surface area contributed by atoms with E-state index in [1.54, 1.807) is 0 Å². The molecule has 1 heterocycles. The summed E-state index contributed by atoms with van der Waals surface area (Å²) in [6, 6.07) is 18.5. The number of carbonyl (C=O) groups excluding carboxylic acids is 1. The van der Waals surface area contributed by atoms with E-state index in [9.17, 15) is 4.79 Å². The van der Waals surface area contributed by atoms with E-state index in [-0.39, 0.29) is 12.1 Å². The van der Waals surface area contributed by atoms with Crippen molar-refractivity contribution in [3.8, 4) is 0 Å². The quantitative estimate of drug-likeness (QED) is 0.839. The van der Waals surface area contributed by atoms with Crippen LogP contribution in [-0.2, 0) is 11.2 Å². The van der Waals surface area contributed by atoms with Gasteiger partial charge in [0.25, 0.3) is 0 Å². The van der Waals surface area contributed by atoms with Crippen molar-refractivity contribution in [3.05, 3.63) is 71.3 Å². The Bertz CT molecular complexity index is 666. The third-order valence-corrected chi connectivity index (χ3v) is 4.17. The van der Waals surface area contributed by atoms with Crippen molar-refractivity contribution < 1.29 is 9.53 Å². The van der Waals surface area contributed by atoms with Gasteiger partial charge in [0.15, 0.2) is 0 Å². The molecule has 0 spiro atoms. The van der Waals surface area contributed by atoms with E-state index in [2.05, 4.69) is 30.3 Å². The predicted molar refractivity (Wildman–Crippen MR) is 91.3 cm³/mol. The van der Waals surface area contributed by atoms with Crippen molar-refractivity contribution in [2.75, 3.05) is 13.2 Å². The van der Waals surface area contributed by atoms with Crippen molar-refractivity contribution in [2.45, 2.75) is 26.3 Å². The second kappa shape index (κ2) is 6.86. The van der Waals surface area contributed by atoms with Crippen LogP contribution in [0.25, 0.3) is 0 Å². The Labute approximate surface area is 137 Å². The Kier molecular flexibility index (Phi) is 4.65. The average molecular weight is 309 g/mol. The van der Waals surface area contributed by atoms with Crippen LogP contribution >= 0.6 is 0 Å². The third kappa shape index (κ3) is 3.39. The summed E-state index contributed by atoms with van der Waals surface area (Å²) in [7, 11) is 0. The lowest BCUT2D eigenvalue weighted by molar-refractivity contribution is 0.0802. The summed E-state index contributed by atoms with van der Waals surface area (Å²) < 4.78 is 5.50. The van der Waals surface area contributed by atoms with E-state index < -0.39 is 0 Å². The first-order chi connectivity index (χ1) is 11.2. The molecule has 23 heavy (non-hydrogen) atoms. The van der Waals surface area contributed by atoms with Gasteiger partial charge in [-0.05, 0) is 29.0 Å². The number of amides is 1. The summed E-state index contributed by atoms with van der Waals surface area (Å²) in [5.41, 5.74) is 3.64. The van der Waals surface area contributed by atoms with Crippen LogP contribution in [0.1, 0.15) is 36.6 Å². The van der Waals surface area contributed by atoms with E-state index in [1.165, 1.54) is 11.1 Å². The van der Waals surface area contributed by atoms with Gasteiger partial charge in [-0.3, -0.25) is 4.90 Å². The first kappa shape index (κ1) is 15.6. The maximum absolute atomic E-state index is 12.6. The molecule has 1 aliphatic rings. The highest BCUT2D eigenvalue weighted by Crippen LogP contribution is 2.35. The molecule has 2 aromatic carbocycles. The largest absolute Gasteiger partial charge is 0.449 e. The molecule has 0 N–H and O–H groups in total. The van der Waals surface area contributed by atoms with Gasteiger partial charge in [-0.25, -0.2) is 4.79 Å². The first-order valence-electron chi connectivity index (χ1n) is 8.23. The minimum Gasteiger partial charge on any atom is -0.449 e. The molecule has 0 radical (unpaired) electrons. The van der Waals surface area contributed by atoms with Gasteiger partial charge < -0.3 is 4.74 Å². The molecule has 1 atom stereocenters. The normalized spacial score (nSPS) is 17.0. The zero-order valence-electron chi connectivity index (χ0n) is 13.7. The number of benzene rings is 2. The topological polar surface area (TPSA) is 29.5 Å². The van der Waals surface area contributed by atoms with Gasteiger partial charge in [0.05, 0.1) is 12.6 Å². The van der Waals surface area contributed by atoms with Crippen LogP contribution in [0.15, 0.2) is 54.6 Å². The number of hydrogen-bond donors (Lipinski definition) is 0. The van der Waals surface area contributed by atoms with Gasteiger partial charge >= 0.3 is 6.09 Å². The Morgan fingerprint density at radius 1 is 1.13 bits per heavy atom. The van der Waals surface area contributed by atoms with Crippen LogP contribution in [0, 0.1) is 5.92 Å². The SMILES string of the molecule is CC(C)COC(=O)N1CCc2ccccc2[C@@H]1c1ccccc1. The Balaban J connectivity index is 1.94. The average Bonchev–Trinajstić information content (AvgIpc) is 2.59. The zero-order valence-corrected chi connectivity index (χ0v) is 13.7. The van der Waals surface area contributed by atoms with Gasteiger partial charge in [0.1, 0.15) is 0 Å². The summed E-state index contributed by atoms with van der Waals surface area (Å²) in [5.74, 6) is 0.339. The van der Waals surface area contributed by atoms with Crippen molar-refractivity contribution >= 4 is 6.09 Å². The van der Waals surface area contributed by atoms with E-state index in [4.69, 9.17) is 4.74 Å². The molecule has 0 aromatic heterocycles. The van der Waals surface area contributed by atoms with E-state index in [0.717, 1.165) is 12.0 Å². The van der Waals surface area contributed by atoms with Crippen molar-refractivity contribution in [2.24, 2.45) is 5.92 Å². The standard InChI is InChI=1S/C20H23NO2/c1-15(2)14-23-20(22)21-13-12-16-8-6-7-11-18(16)19(21)17-9-4-3-5-10-17/h3-11,15,19H,12-14H2,1-2H3/t19-/m0/s1. The highest BCUT2D eigenvalue weighted by Gasteiger charge is 2.32. The molecule has 0 aliphatic carbocycles. The molecule has 0 saturated heterocycles. The second-order valence-corrected chi connectivity index (χ2v) is 6.43. The molecule has 120 valence electrons. The van der Waals surface area contributed by atoms with Crippen molar-refractivity contribution in [1.29, 1.82) is 0 Å². The van der Waals surface area contributed by atoms with Gasteiger partial charge in [-0.1, -0.05) is 68.4 Å². The number of carbonyl (C=O) groups is 1. The maximum atomic E-state index is 12.6. The fourth-order valence-corrected chi connectivity index (χ4v) is 3.08. The van der Waals surface area contributed by atoms with Crippen LogP contribution in [0.2, 0.25) is 0 Å². The van der Waals surface area contributed by atoms with Crippen molar-refractivity contribution in [3.63, 3.8) is 0 Å². The molecule has 1 aliphatic heterocycles. The minimum atomic E-state index is -0.220. The van der Waals surface area contributed by atoms with E-state index in [0.29, 0.717) is 19.1 Å². The maximum Gasteiger partial charge on any atom is 0.410 e. The molecule has 3 rings (SSSR count). The molecule has 0 bridgehead atoms. The molecule has 3 heteroatoms. The van der Waals surface area contributed by atoms with Gasteiger partial charge in [-0.2, -0.15) is 0 Å². The van der Waals surface area contributed by atoms with Crippen molar-refractivity contribution in [1.82, 2.24) is 4.90 Å². The fourth-order valence-electron chi connectivity index (χ4n) is 3.08. The smallest absolute Gasteiger partial charge is 0.410 e. The van der Waals surface area contributed by atoms with Crippen LogP contribution < -0.4 is 0 Å². The molecule has 2 aromatic rings. The Hall–Kier alpha value is -2.29. The Morgan fingerprint density at radius 2 is 1.83 bits per heavy atom. The summed E-state index contributed by atoms with van der Waals surface area (Å²) in [4.78, 5) is 14.5. The van der Waals surface area contributed by atoms with Gasteiger partial charge in [0, 0.05) is 6.54 Å². The molecular formula is C20H23NO2. The van der Waals surface area contributed by atoms with Crippen LogP contribution in [0.4, 0.5) is 4.79 Å². The molecule has 0 fully saturated rings. The third-order valence-electron chi connectivity index (χ3n) is 4.17. The lowest BCUT2D eigenvalue weighted by Crippen LogP contribution is -2.41. The number of hydrogen-bond acceptors (Lipinski definition) is 2. The number of nitrogens with zero attached hydrogens (tertiary/aromatic N) is 1. The van der Waals surface area contributed by atoms with Crippen LogP contribution in [0.5, 0.6) is 0 Å². The molecular weight excluding hydrogens is 286 g/mol. The first-order valence-corrected chi connectivity index (χ1v) is 8.23. The van der Waals surface area contributed by atoms with Gasteiger partial charge in [-0.15, -0.1) is 0 Å². The van der Waals surface area contributed by atoms with E-state index in [1.807, 2.05) is 43.0 Å². The van der Waals surface area contributed by atoms with Crippen LogP contribution in [-0.4, -0.2) is 24.1 Å². The monoisotopic (exact) mass is 309 g/mol. The Morgan fingerprint density at radius 3 is 2.57 bits per heavy atom. The highest BCUT2D eigenvalue weighted by atomic mass is 16.6. The molecule has 0 saturated carbocycles. The minimum absolute atomic E-state index is 0.0687. The molecule has 1 amide bonds. The number of fused-ring (bicyclic) bond motifs is 1. The predicted octanol–water partition coefficient (Wildman–Crippen LogP) is 4.43. The summed E-state index contributed by atoms with van der Waals surface area (Å²) in [6.07, 6.45) is 0.651. The summed E-state index contributed by atoms with van der Waals surface area (Å²) in [5, 5.41) is 0. The molecule has 0 unspecified atom stereocenters. The van der Waals surface area contributed by atoms with Crippen LogP contribution in [0.3, 0.4) is 0 Å². The lowest BCUT2D eigenvalue weighted by atomic mass is 9.88.